The summed E-state index contributed by atoms with van der Waals surface area (Å²) in [6.45, 7) is 11.6. The smallest absolute Gasteiger partial charge is 0.0945 e. The monoisotopic (exact) mass is 616 g/mol. The Morgan fingerprint density at radius 2 is 0.571 bits per heavy atom. The van der Waals surface area contributed by atoms with E-state index >= 15 is 0 Å². The number of rotatable bonds is 35. The van der Waals surface area contributed by atoms with Gasteiger partial charge in [-0.2, -0.15) is 0 Å². The highest BCUT2D eigenvalue weighted by Crippen LogP contribution is 2.21. The molecular formula is C37H77NO3S. The van der Waals surface area contributed by atoms with E-state index in [2.05, 4.69) is 20.8 Å². The molecule has 0 aromatic rings. The second-order valence-corrected chi connectivity index (χ2v) is 15.2. The zero-order valence-corrected chi connectivity index (χ0v) is 29.9. The molecule has 0 saturated carbocycles. The average molecular weight is 616 g/mol. The molecule has 5 heteroatoms. The number of hydrogen-bond acceptors (Lipinski definition) is 3. The average Bonchev–Trinajstić information content (AvgIpc) is 2.96. The Labute approximate surface area is 265 Å². The van der Waals surface area contributed by atoms with Crippen molar-refractivity contribution in [3.8, 4) is 0 Å². The molecule has 42 heavy (non-hydrogen) atoms. The van der Waals surface area contributed by atoms with Crippen LogP contribution in [-0.2, 0) is 10.1 Å². The quantitative estimate of drug-likeness (QED) is 0.0405. The molecule has 0 saturated heterocycles. The maximum atomic E-state index is 11.3. The number of quaternary nitrogens is 1. The van der Waals surface area contributed by atoms with Crippen LogP contribution in [0.3, 0.4) is 0 Å². The molecule has 0 aromatic heterocycles. The zero-order valence-electron chi connectivity index (χ0n) is 29.1. The molecular weight excluding hydrogens is 538 g/mol. The lowest BCUT2D eigenvalue weighted by Crippen LogP contribution is -2.51. The molecule has 0 aromatic carbocycles. The molecule has 0 aliphatic rings. The van der Waals surface area contributed by atoms with Crippen LogP contribution in [0, 0.1) is 0 Å². The molecule has 0 N–H and O–H groups in total. The fraction of sp³-hybridized carbons (Fsp3) is 1.00. The van der Waals surface area contributed by atoms with Gasteiger partial charge in [-0.3, -0.25) is 0 Å². The summed E-state index contributed by atoms with van der Waals surface area (Å²) in [4.78, 5) is 0. The van der Waals surface area contributed by atoms with Crippen LogP contribution in [0.25, 0.3) is 0 Å². The Morgan fingerprint density at radius 1 is 0.357 bits per heavy atom. The van der Waals surface area contributed by atoms with Gasteiger partial charge in [0.1, 0.15) is 0 Å². The third-order valence-electron chi connectivity index (χ3n) is 9.48. The first-order valence-electron chi connectivity index (χ1n) is 19.2. The maximum Gasteiger partial charge on any atom is 0.0945 e. The van der Waals surface area contributed by atoms with Gasteiger partial charge in [0.05, 0.1) is 36.3 Å². The lowest BCUT2D eigenvalue weighted by molar-refractivity contribution is -0.929. The maximum absolute atomic E-state index is 11.3. The molecule has 0 aliphatic heterocycles. The normalized spacial score (nSPS) is 12.4. The standard InChI is InChI=1S/C37H77NO3S/c1-4-7-10-13-16-19-22-25-28-33-38(36-31-32-37-42(39,40)41,34-29-26-23-20-17-14-11-8-5-2)35-30-27-24-21-18-15-12-9-6-3/h4-37H2,1-3H3. The van der Waals surface area contributed by atoms with E-state index in [1.165, 1.54) is 197 Å². The topological polar surface area (TPSA) is 57.2 Å². The van der Waals surface area contributed by atoms with Crippen LogP contribution in [0.1, 0.15) is 207 Å². The molecule has 0 unspecified atom stereocenters. The van der Waals surface area contributed by atoms with Crippen molar-refractivity contribution in [2.45, 2.75) is 207 Å². The molecule has 0 amide bonds. The third-order valence-corrected chi connectivity index (χ3v) is 10.3. The molecule has 0 aliphatic carbocycles. The van der Waals surface area contributed by atoms with Crippen molar-refractivity contribution in [2.75, 3.05) is 31.9 Å². The number of nitrogens with zero attached hydrogens (tertiary/aromatic N) is 1. The molecule has 0 rings (SSSR count). The summed E-state index contributed by atoms with van der Waals surface area (Å²) >= 11 is 0. The van der Waals surface area contributed by atoms with Gasteiger partial charge in [0, 0.05) is 5.75 Å². The Morgan fingerprint density at radius 3 is 0.810 bits per heavy atom. The van der Waals surface area contributed by atoms with Gasteiger partial charge in [-0.15, -0.1) is 0 Å². The Bertz CT molecular complexity index is 582. The molecule has 4 nitrogen and oxygen atoms in total. The first-order chi connectivity index (χ1) is 20.4. The van der Waals surface area contributed by atoms with Gasteiger partial charge in [-0.1, -0.05) is 156 Å². The van der Waals surface area contributed by atoms with E-state index < -0.39 is 10.1 Å². The molecule has 0 heterocycles. The first-order valence-corrected chi connectivity index (χ1v) is 20.8. The fourth-order valence-electron chi connectivity index (χ4n) is 6.67. The summed E-state index contributed by atoms with van der Waals surface area (Å²) in [6, 6.07) is 0. The molecule has 254 valence electrons. The third kappa shape index (κ3) is 29.9. The minimum absolute atomic E-state index is 0.193. The van der Waals surface area contributed by atoms with Gasteiger partial charge in [-0.05, 0) is 51.4 Å². The molecule has 0 fully saturated rings. The highest BCUT2D eigenvalue weighted by Gasteiger charge is 2.26. The zero-order chi connectivity index (χ0) is 31.0. The van der Waals surface area contributed by atoms with E-state index in [1.54, 1.807) is 0 Å². The Kier molecular flexibility index (Phi) is 30.8. The van der Waals surface area contributed by atoms with Crippen molar-refractivity contribution in [2.24, 2.45) is 0 Å². The SMILES string of the molecule is CCCCCCCCCCC[N+](CCCCCCCCCCC)(CCCCCCCCCCC)CCCCS(=O)(=O)[O-]. The van der Waals surface area contributed by atoms with Gasteiger partial charge in [0.15, 0.2) is 0 Å². The van der Waals surface area contributed by atoms with Crippen LogP contribution in [0.4, 0.5) is 0 Å². The summed E-state index contributed by atoms with van der Waals surface area (Å²) in [5, 5.41) is 0. The minimum Gasteiger partial charge on any atom is -0.748 e. The van der Waals surface area contributed by atoms with Crippen molar-refractivity contribution in [1.29, 1.82) is 0 Å². The summed E-state index contributed by atoms with van der Waals surface area (Å²) in [5.41, 5.74) is 0. The summed E-state index contributed by atoms with van der Waals surface area (Å²) < 4.78 is 35.0. The summed E-state index contributed by atoms with van der Waals surface area (Å²) in [5.74, 6) is -0.193. The highest BCUT2D eigenvalue weighted by molar-refractivity contribution is 7.85. The van der Waals surface area contributed by atoms with E-state index in [4.69, 9.17) is 0 Å². The van der Waals surface area contributed by atoms with Gasteiger partial charge in [-0.25, -0.2) is 8.42 Å². The van der Waals surface area contributed by atoms with Crippen LogP contribution >= 0.6 is 0 Å². The number of hydrogen-bond donors (Lipinski definition) is 0. The highest BCUT2D eigenvalue weighted by atomic mass is 32.2. The van der Waals surface area contributed by atoms with Crippen molar-refractivity contribution in [3.05, 3.63) is 0 Å². The van der Waals surface area contributed by atoms with Gasteiger partial charge in [0.25, 0.3) is 0 Å². The summed E-state index contributed by atoms with van der Waals surface area (Å²) in [7, 11) is -4.11. The minimum atomic E-state index is -4.11. The van der Waals surface area contributed by atoms with Gasteiger partial charge < -0.3 is 9.04 Å². The van der Waals surface area contributed by atoms with E-state index in [1.807, 2.05) is 0 Å². The predicted molar refractivity (Wildman–Crippen MR) is 185 cm³/mol. The lowest BCUT2D eigenvalue weighted by Gasteiger charge is -2.40. The van der Waals surface area contributed by atoms with Gasteiger partial charge in [0.2, 0.25) is 0 Å². The fourth-order valence-corrected chi connectivity index (χ4v) is 7.23. The first kappa shape index (κ1) is 41.9. The second-order valence-electron chi connectivity index (χ2n) is 13.7. The van der Waals surface area contributed by atoms with Crippen LogP contribution in [0.2, 0.25) is 0 Å². The predicted octanol–water partition coefficient (Wildman–Crippen LogP) is 11.7. The Balaban J connectivity index is 4.87. The molecule has 0 atom stereocenters. The summed E-state index contributed by atoms with van der Waals surface area (Å²) in [6.07, 6.45) is 38.1. The Hall–Kier alpha value is -0.130. The molecule has 0 spiro atoms. The van der Waals surface area contributed by atoms with Gasteiger partial charge >= 0.3 is 0 Å². The van der Waals surface area contributed by atoms with Crippen LogP contribution in [-0.4, -0.2) is 49.4 Å². The molecule has 0 radical (unpaired) electrons. The van der Waals surface area contributed by atoms with Crippen molar-refractivity contribution in [1.82, 2.24) is 0 Å². The van der Waals surface area contributed by atoms with Crippen molar-refractivity contribution >= 4 is 10.1 Å². The van der Waals surface area contributed by atoms with Crippen molar-refractivity contribution < 1.29 is 17.5 Å². The largest absolute Gasteiger partial charge is 0.748 e. The van der Waals surface area contributed by atoms with E-state index in [9.17, 15) is 13.0 Å². The van der Waals surface area contributed by atoms with Crippen molar-refractivity contribution in [3.63, 3.8) is 0 Å². The van der Waals surface area contributed by atoms with Crippen LogP contribution in [0.15, 0.2) is 0 Å². The number of unbranched alkanes of at least 4 members (excludes halogenated alkanes) is 25. The van der Waals surface area contributed by atoms with Crippen LogP contribution < -0.4 is 0 Å². The molecule has 0 bridgehead atoms. The van der Waals surface area contributed by atoms with E-state index in [-0.39, 0.29) is 5.75 Å². The lowest BCUT2D eigenvalue weighted by atomic mass is 10.0. The van der Waals surface area contributed by atoms with Crippen LogP contribution in [0.5, 0.6) is 0 Å². The van der Waals surface area contributed by atoms with E-state index in [0.717, 1.165) is 13.0 Å². The van der Waals surface area contributed by atoms with E-state index in [0.29, 0.717) is 6.42 Å². The second kappa shape index (κ2) is 30.9.